The SMILES string of the molecule is CC1=C(/C=C(/C=C(C)\C=C\C(C)=C\C=C/C=C(C)/C=C/C(C)=C\C(=C\C2=C(C)CC(O[C@@H]3O[C@H](CO)[C@@H](O)[C@@H](O)[C@H]3O)CC2(C)C)O[C@@H]2O[C@H](CO[C@@H]3O[C@H](CO)[C@@H](O)[C@@H](O)[C@H]3O)[C@@H](O)[C@@H](O)[C@H]2O)O[C@H]2O[C@@H](CO[C@@H]3O[C@@H](CO)[C@H](O)[C@H](O)[C@@H]3O)[C@H](O)[C@H](O)[C@@H]2O)C(C)(C)CC(O[C@H]2O[C@@H](CO)[C@@H](O)[C@H](O)[C@@H]2O)C1. The molecule has 110 heavy (non-hydrogen) atoms. The van der Waals surface area contributed by atoms with E-state index in [0.717, 1.165) is 33.4 Å². The molecule has 6 saturated heterocycles. The maximum atomic E-state index is 11.4. The van der Waals surface area contributed by atoms with Crippen molar-refractivity contribution in [2.75, 3.05) is 39.6 Å². The highest BCUT2D eigenvalue weighted by molar-refractivity contribution is 5.42. The predicted octanol–water partition coefficient (Wildman–Crippen LogP) is -3.87. The Kier molecular flexibility index (Phi) is 33.0. The van der Waals surface area contributed by atoms with Gasteiger partial charge >= 0.3 is 0 Å². The molecule has 0 aromatic rings. The molecule has 32 atom stereocenters. The van der Waals surface area contributed by atoms with Gasteiger partial charge in [-0.3, -0.25) is 0 Å². The van der Waals surface area contributed by atoms with Gasteiger partial charge in [-0.15, -0.1) is 0 Å². The van der Waals surface area contributed by atoms with Crippen LogP contribution in [0.2, 0.25) is 0 Å². The lowest BCUT2D eigenvalue weighted by atomic mass is 9.71. The van der Waals surface area contributed by atoms with E-state index < -0.39 is 247 Å². The Balaban J connectivity index is 1.01. The van der Waals surface area contributed by atoms with Gasteiger partial charge in [-0.2, -0.15) is 0 Å². The Morgan fingerprint density at radius 2 is 0.600 bits per heavy atom. The molecule has 0 aromatic heterocycles. The van der Waals surface area contributed by atoms with E-state index in [1.165, 1.54) is 0 Å². The molecule has 0 aromatic carbocycles. The first-order valence-electron chi connectivity index (χ1n) is 36.8. The zero-order valence-corrected chi connectivity index (χ0v) is 63.2. The minimum atomic E-state index is -1.88. The summed E-state index contributed by atoms with van der Waals surface area (Å²) in [6.07, 6.45) is -27.5. The lowest BCUT2D eigenvalue weighted by molar-refractivity contribution is -0.327. The van der Waals surface area contributed by atoms with Crippen molar-refractivity contribution in [3.05, 3.63) is 129 Å². The summed E-state index contributed by atoms with van der Waals surface area (Å²) >= 11 is 0. The molecular formula is C76H116O34. The van der Waals surface area contributed by atoms with Crippen molar-refractivity contribution in [3.63, 3.8) is 0 Å². The molecule has 6 aliphatic heterocycles. The van der Waals surface area contributed by atoms with Crippen molar-refractivity contribution in [1.29, 1.82) is 0 Å². The largest absolute Gasteiger partial charge is 0.462 e. The maximum absolute atomic E-state index is 11.4. The number of rotatable bonds is 28. The second-order valence-corrected chi connectivity index (χ2v) is 31.0. The van der Waals surface area contributed by atoms with Crippen LogP contribution in [0.1, 0.15) is 94.9 Å². The van der Waals surface area contributed by atoms with Gasteiger partial charge in [0.2, 0.25) is 12.6 Å². The molecule has 2 aliphatic carbocycles. The summed E-state index contributed by atoms with van der Waals surface area (Å²) in [5.74, 6) is 0.214. The lowest BCUT2D eigenvalue weighted by Gasteiger charge is -2.44. The molecule has 0 saturated carbocycles. The Morgan fingerprint density at radius 3 is 0.891 bits per heavy atom. The summed E-state index contributed by atoms with van der Waals surface area (Å²) in [5, 5.41) is 232. The van der Waals surface area contributed by atoms with Crippen LogP contribution in [0.5, 0.6) is 0 Å². The number of hydrogen-bond acceptors (Lipinski definition) is 34. The summed E-state index contributed by atoms with van der Waals surface area (Å²) < 4.78 is 70.8. The van der Waals surface area contributed by atoms with E-state index in [2.05, 4.69) is 0 Å². The number of ether oxygens (including phenoxy) is 12. The third kappa shape index (κ3) is 22.3. The summed E-state index contributed by atoms with van der Waals surface area (Å²) in [6, 6.07) is 0. The first-order chi connectivity index (χ1) is 51.7. The zero-order chi connectivity index (χ0) is 81.3. The van der Waals surface area contributed by atoms with Crippen molar-refractivity contribution in [2.45, 2.75) is 291 Å². The molecule has 624 valence electrons. The quantitative estimate of drug-likeness (QED) is 0.0263. The van der Waals surface area contributed by atoms with Gasteiger partial charge in [0, 0.05) is 0 Å². The minimum absolute atomic E-state index is 0.107. The Labute approximate surface area is 637 Å². The molecule has 6 heterocycles. The van der Waals surface area contributed by atoms with E-state index in [1.807, 2.05) is 79.7 Å². The molecule has 6 fully saturated rings. The first kappa shape index (κ1) is 91.0. The number of allylic oxidation sites excluding steroid dienone is 18. The second-order valence-electron chi connectivity index (χ2n) is 31.0. The van der Waals surface area contributed by atoms with Crippen LogP contribution in [-0.2, 0) is 56.8 Å². The number of hydrogen-bond donors (Lipinski definition) is 22. The van der Waals surface area contributed by atoms with Gasteiger partial charge in [0.15, 0.2) is 25.2 Å². The average Bonchev–Trinajstić information content (AvgIpc) is 0.787. The zero-order valence-electron chi connectivity index (χ0n) is 63.2. The van der Waals surface area contributed by atoms with Gasteiger partial charge in [0.25, 0.3) is 0 Å². The average molecular weight is 1570 g/mol. The van der Waals surface area contributed by atoms with Gasteiger partial charge in [0.05, 0.1) is 51.8 Å². The number of aliphatic hydroxyl groups is 22. The van der Waals surface area contributed by atoms with Gasteiger partial charge in [-0.25, -0.2) is 0 Å². The minimum Gasteiger partial charge on any atom is -0.462 e. The van der Waals surface area contributed by atoms with Gasteiger partial charge in [0.1, 0.15) is 158 Å². The summed E-state index contributed by atoms with van der Waals surface area (Å²) in [6.45, 7) is 14.6. The molecule has 34 nitrogen and oxygen atoms in total. The van der Waals surface area contributed by atoms with Crippen molar-refractivity contribution in [2.24, 2.45) is 10.8 Å². The van der Waals surface area contributed by atoms with Crippen molar-refractivity contribution in [3.8, 4) is 0 Å². The molecule has 2 unspecified atom stereocenters. The molecule has 0 radical (unpaired) electrons. The van der Waals surface area contributed by atoms with Crippen LogP contribution in [0.3, 0.4) is 0 Å². The highest BCUT2D eigenvalue weighted by Crippen LogP contribution is 2.46. The van der Waals surface area contributed by atoms with Gasteiger partial charge < -0.3 is 169 Å². The van der Waals surface area contributed by atoms with E-state index in [9.17, 15) is 112 Å². The van der Waals surface area contributed by atoms with E-state index in [-0.39, 0.29) is 24.4 Å². The monoisotopic (exact) mass is 1570 g/mol. The molecule has 22 N–H and O–H groups in total. The molecular weight excluding hydrogens is 1460 g/mol. The van der Waals surface area contributed by atoms with Crippen LogP contribution < -0.4 is 0 Å². The van der Waals surface area contributed by atoms with E-state index in [0.29, 0.717) is 24.0 Å². The molecule has 0 bridgehead atoms. The van der Waals surface area contributed by atoms with Crippen LogP contribution >= 0.6 is 0 Å². The fourth-order valence-electron chi connectivity index (χ4n) is 14.6. The van der Waals surface area contributed by atoms with Gasteiger partial charge in [-0.05, 0) is 125 Å². The summed E-state index contributed by atoms with van der Waals surface area (Å²) in [4.78, 5) is 0. The van der Waals surface area contributed by atoms with E-state index in [4.69, 9.17) is 56.8 Å². The maximum Gasteiger partial charge on any atom is 0.229 e. The molecule has 0 spiro atoms. The predicted molar refractivity (Wildman–Crippen MR) is 382 cm³/mol. The highest BCUT2D eigenvalue weighted by Gasteiger charge is 2.53. The van der Waals surface area contributed by atoms with Crippen LogP contribution in [0, 0.1) is 10.8 Å². The first-order valence-corrected chi connectivity index (χ1v) is 36.8. The van der Waals surface area contributed by atoms with Crippen molar-refractivity contribution in [1.82, 2.24) is 0 Å². The highest BCUT2D eigenvalue weighted by atomic mass is 16.8. The fraction of sp³-hybridized carbons (Fsp3) is 0.711. The third-order valence-electron chi connectivity index (χ3n) is 21.0. The van der Waals surface area contributed by atoms with Crippen LogP contribution in [0.25, 0.3) is 0 Å². The lowest BCUT2D eigenvalue weighted by Crippen LogP contribution is -2.61. The standard InChI is InChI=1S/C76H116O34/c1-33(15-17-35(3)19-39(23-43-37(5)21-41(25-75(43,7)8)103-73-65(95)59(89)53(83)47(29-79)107-73)101-71-67(97)61(91)55(85)49(109-71)31-99-69-63(93)57(87)51(81)45(27-77)105-69)13-11-12-14-34(2)16-18-36(4)20-40(24-44-38(6)22-42(26-76(44,9)10)104-74-66(96)60(90)54(84)48(30-80)108-74)102-72-68(98)62(92)56(86)50(110-72)32-100-70-64(94)58(88)52(82)46(28-78)106-70/h11-20,23-24,41-42,45-74,77-98H,21-22,25-32H2,1-10H3/b12-11-,17-15+,18-16+,33-13+,34-14+,35-19-,36-20-,39-23-,40-24-/t41?,42?,45-,46+,47-,48+,49-,50+,51-,52+,53-,54-,55-,56+,57-,58+,59-,60+,61-,62+,63-,64+,65-,66+,67-,68+,69-,70-,71-,72+,73-,74+/m1/s1. The van der Waals surface area contributed by atoms with Crippen LogP contribution in [0.4, 0.5) is 0 Å². The summed E-state index contributed by atoms with van der Waals surface area (Å²) in [5.41, 5.74) is 4.36. The third-order valence-corrected chi connectivity index (χ3v) is 21.0. The second kappa shape index (κ2) is 39.9. The van der Waals surface area contributed by atoms with Crippen molar-refractivity contribution < 1.29 is 169 Å². The van der Waals surface area contributed by atoms with Crippen molar-refractivity contribution >= 4 is 0 Å². The van der Waals surface area contributed by atoms with Gasteiger partial charge in [-0.1, -0.05) is 98.6 Å². The van der Waals surface area contributed by atoms with Crippen LogP contribution in [0.15, 0.2) is 129 Å². The Hall–Kier alpha value is -4.54. The summed E-state index contributed by atoms with van der Waals surface area (Å²) in [7, 11) is 0. The molecule has 8 rings (SSSR count). The van der Waals surface area contributed by atoms with Crippen LogP contribution in [-0.4, -0.2) is 348 Å². The number of aliphatic hydroxyl groups excluding tert-OH is 22. The Bertz CT molecular complexity index is 3140. The molecule has 0 amide bonds. The van der Waals surface area contributed by atoms with E-state index >= 15 is 0 Å². The smallest absolute Gasteiger partial charge is 0.229 e. The fourth-order valence-corrected chi connectivity index (χ4v) is 14.6. The molecule has 34 heteroatoms. The Morgan fingerprint density at radius 1 is 0.345 bits per heavy atom. The normalized spacial score (nSPS) is 42.5. The molecule has 8 aliphatic rings. The van der Waals surface area contributed by atoms with E-state index in [1.54, 1.807) is 62.5 Å². The topological polar surface area (TPSA) is 556 Å².